The summed E-state index contributed by atoms with van der Waals surface area (Å²) in [5.74, 6) is 0.542. The Bertz CT molecular complexity index is 785. The van der Waals surface area contributed by atoms with E-state index >= 15 is 0 Å². The van der Waals surface area contributed by atoms with Crippen LogP contribution in [0.4, 0.5) is 4.39 Å². The molecule has 0 atom stereocenters. The molecule has 0 saturated heterocycles. The Morgan fingerprint density at radius 2 is 1.95 bits per heavy atom. The van der Waals surface area contributed by atoms with Gasteiger partial charge in [-0.2, -0.15) is 0 Å². The molecule has 2 nitrogen and oxygen atoms in total. The van der Waals surface area contributed by atoms with Gasteiger partial charge in [-0.25, -0.2) is 4.39 Å². The van der Waals surface area contributed by atoms with Gasteiger partial charge in [-0.15, -0.1) is 11.3 Å². The molecule has 2 heterocycles. The molecule has 0 N–H and O–H groups in total. The summed E-state index contributed by atoms with van der Waals surface area (Å²) in [6.07, 6.45) is 3.04. The third-order valence-electron chi connectivity index (χ3n) is 2.93. The van der Waals surface area contributed by atoms with Gasteiger partial charge < -0.3 is 4.42 Å². The Morgan fingerprint density at radius 3 is 2.71 bits per heavy atom. The average Bonchev–Trinajstić information content (AvgIpc) is 3.17. The van der Waals surface area contributed by atoms with Crippen molar-refractivity contribution in [2.24, 2.45) is 0 Å². The first-order valence-electron chi connectivity index (χ1n) is 6.35. The van der Waals surface area contributed by atoms with Crippen molar-refractivity contribution in [3.05, 3.63) is 76.4 Å². The van der Waals surface area contributed by atoms with Crippen molar-refractivity contribution < 1.29 is 13.6 Å². The Morgan fingerprint density at radius 1 is 1.10 bits per heavy atom. The van der Waals surface area contributed by atoms with E-state index in [-0.39, 0.29) is 11.6 Å². The largest absolute Gasteiger partial charge is 0.457 e. The zero-order chi connectivity index (χ0) is 14.7. The van der Waals surface area contributed by atoms with E-state index in [1.54, 1.807) is 42.5 Å². The quantitative estimate of drug-likeness (QED) is 0.499. The molecule has 4 heteroatoms. The van der Waals surface area contributed by atoms with Crippen LogP contribution in [-0.4, -0.2) is 5.78 Å². The second-order valence-corrected chi connectivity index (χ2v) is 5.30. The summed E-state index contributed by atoms with van der Waals surface area (Å²) in [4.78, 5) is 12.5. The highest BCUT2D eigenvalue weighted by Gasteiger charge is 2.08. The fraction of sp³-hybridized carbons (Fsp3) is 0. The van der Waals surface area contributed by atoms with Crippen LogP contribution in [0.3, 0.4) is 0 Å². The molecule has 104 valence electrons. The molecular formula is C17H11FO2S. The first-order valence-corrected chi connectivity index (χ1v) is 7.22. The second-order valence-electron chi connectivity index (χ2n) is 4.36. The van der Waals surface area contributed by atoms with E-state index in [9.17, 15) is 9.18 Å². The average molecular weight is 298 g/mol. The van der Waals surface area contributed by atoms with E-state index < -0.39 is 0 Å². The van der Waals surface area contributed by atoms with E-state index in [0.717, 1.165) is 0 Å². The molecule has 0 saturated carbocycles. The maximum Gasteiger partial charge on any atom is 0.195 e. The van der Waals surface area contributed by atoms with Gasteiger partial charge in [-0.3, -0.25) is 4.79 Å². The minimum Gasteiger partial charge on any atom is -0.457 e. The van der Waals surface area contributed by atoms with E-state index in [4.69, 9.17) is 4.42 Å². The number of allylic oxidation sites excluding steroid dienone is 1. The number of carbonyl (C=O) groups is 1. The predicted molar refractivity (Wildman–Crippen MR) is 81.8 cm³/mol. The van der Waals surface area contributed by atoms with Crippen LogP contribution >= 0.6 is 11.3 Å². The van der Waals surface area contributed by atoms with Crippen LogP contribution < -0.4 is 0 Å². The van der Waals surface area contributed by atoms with Gasteiger partial charge in [0.25, 0.3) is 0 Å². The van der Waals surface area contributed by atoms with Gasteiger partial charge in [0, 0.05) is 0 Å². The number of hydrogen-bond acceptors (Lipinski definition) is 3. The number of ketones is 1. The van der Waals surface area contributed by atoms with Crippen LogP contribution in [-0.2, 0) is 0 Å². The number of carbonyl (C=O) groups excluding carboxylic acids is 1. The van der Waals surface area contributed by atoms with Gasteiger partial charge in [-0.05, 0) is 47.9 Å². The van der Waals surface area contributed by atoms with Crippen molar-refractivity contribution in [2.75, 3.05) is 0 Å². The molecule has 3 rings (SSSR count). The van der Waals surface area contributed by atoms with Crippen LogP contribution in [0.25, 0.3) is 17.4 Å². The number of thiophene rings is 1. The second kappa shape index (κ2) is 5.89. The fourth-order valence-electron chi connectivity index (χ4n) is 1.91. The topological polar surface area (TPSA) is 30.2 Å². The van der Waals surface area contributed by atoms with Gasteiger partial charge in [0.1, 0.15) is 17.3 Å². The van der Waals surface area contributed by atoms with Crippen LogP contribution in [0, 0.1) is 5.82 Å². The summed E-state index contributed by atoms with van der Waals surface area (Å²) in [6.45, 7) is 0. The van der Waals surface area contributed by atoms with E-state index in [0.29, 0.717) is 22.0 Å². The molecule has 0 aliphatic heterocycles. The third-order valence-corrected chi connectivity index (χ3v) is 3.81. The first-order chi connectivity index (χ1) is 10.2. The monoisotopic (exact) mass is 298 g/mol. The lowest BCUT2D eigenvalue weighted by Gasteiger charge is -1.97. The van der Waals surface area contributed by atoms with Crippen molar-refractivity contribution in [1.29, 1.82) is 0 Å². The summed E-state index contributed by atoms with van der Waals surface area (Å²) in [7, 11) is 0. The molecule has 1 aromatic carbocycles. The number of rotatable bonds is 4. The van der Waals surface area contributed by atoms with Crippen molar-refractivity contribution in [2.45, 2.75) is 0 Å². The molecule has 0 unspecified atom stereocenters. The van der Waals surface area contributed by atoms with Crippen molar-refractivity contribution in [3.8, 4) is 11.3 Å². The number of halogens is 1. The smallest absolute Gasteiger partial charge is 0.195 e. The zero-order valence-corrected chi connectivity index (χ0v) is 11.8. The molecular weight excluding hydrogens is 287 g/mol. The lowest BCUT2D eigenvalue weighted by Crippen LogP contribution is -1.88. The number of hydrogen-bond donors (Lipinski definition) is 0. The molecule has 3 aromatic rings. The molecule has 0 aliphatic carbocycles. The maximum absolute atomic E-state index is 13.7. The molecule has 0 aliphatic rings. The van der Waals surface area contributed by atoms with Crippen molar-refractivity contribution in [3.63, 3.8) is 0 Å². The van der Waals surface area contributed by atoms with Crippen LogP contribution in [0.2, 0.25) is 0 Å². The lowest BCUT2D eigenvalue weighted by atomic mass is 10.1. The van der Waals surface area contributed by atoms with E-state index in [1.807, 2.05) is 11.4 Å². The first kappa shape index (κ1) is 13.5. The van der Waals surface area contributed by atoms with Crippen molar-refractivity contribution >= 4 is 23.2 Å². The predicted octanol–water partition coefficient (Wildman–Crippen LogP) is 5.04. The normalized spacial score (nSPS) is 11.1. The highest BCUT2D eigenvalue weighted by atomic mass is 32.1. The SMILES string of the molecule is O=C(/C=C/c1ccc(-c2ccccc2F)o1)c1cccs1. The van der Waals surface area contributed by atoms with Crippen LogP contribution in [0.15, 0.2) is 64.4 Å². The lowest BCUT2D eigenvalue weighted by molar-refractivity contribution is 0.105. The van der Waals surface area contributed by atoms with Crippen molar-refractivity contribution in [1.82, 2.24) is 0 Å². The minimum absolute atomic E-state index is 0.0751. The summed E-state index contributed by atoms with van der Waals surface area (Å²) in [6, 6.07) is 13.4. The summed E-state index contributed by atoms with van der Waals surface area (Å²) < 4.78 is 19.2. The van der Waals surface area contributed by atoms with Crippen LogP contribution in [0.1, 0.15) is 15.4 Å². The molecule has 0 fully saturated rings. The molecule has 0 amide bonds. The van der Waals surface area contributed by atoms with Gasteiger partial charge in [-0.1, -0.05) is 18.2 Å². The molecule has 0 spiro atoms. The molecule has 21 heavy (non-hydrogen) atoms. The minimum atomic E-state index is -0.336. The van der Waals surface area contributed by atoms with Gasteiger partial charge >= 0.3 is 0 Å². The highest BCUT2D eigenvalue weighted by Crippen LogP contribution is 2.25. The summed E-state index contributed by atoms with van der Waals surface area (Å²) in [5, 5.41) is 1.85. The zero-order valence-electron chi connectivity index (χ0n) is 11.0. The molecule has 0 bridgehead atoms. The summed E-state index contributed by atoms with van der Waals surface area (Å²) in [5.41, 5.74) is 0.404. The maximum atomic E-state index is 13.7. The Balaban J connectivity index is 1.80. The standard InChI is InChI=1S/C17H11FO2S/c18-14-5-2-1-4-13(14)16-10-8-12(20-16)7-9-15(19)17-6-3-11-21-17/h1-11H/b9-7+. The fourth-order valence-corrected chi connectivity index (χ4v) is 2.55. The van der Waals surface area contributed by atoms with Gasteiger partial charge in [0.05, 0.1) is 10.4 Å². The number of benzene rings is 1. The Kier molecular flexibility index (Phi) is 3.79. The van der Waals surface area contributed by atoms with Crippen LogP contribution in [0.5, 0.6) is 0 Å². The van der Waals surface area contributed by atoms with E-state index in [2.05, 4.69) is 0 Å². The van der Waals surface area contributed by atoms with E-state index in [1.165, 1.54) is 23.5 Å². The molecule has 2 aromatic heterocycles. The Labute approximate surface area is 125 Å². The Hall–Kier alpha value is -2.46. The van der Waals surface area contributed by atoms with Gasteiger partial charge in [0.2, 0.25) is 0 Å². The molecule has 0 radical (unpaired) electrons. The summed E-state index contributed by atoms with van der Waals surface area (Å²) >= 11 is 1.39. The third kappa shape index (κ3) is 3.01. The number of furan rings is 1. The highest BCUT2D eigenvalue weighted by molar-refractivity contribution is 7.12. The van der Waals surface area contributed by atoms with Gasteiger partial charge in [0.15, 0.2) is 5.78 Å².